The highest BCUT2D eigenvalue weighted by atomic mass is 16.5. The monoisotopic (exact) mass is 869 g/mol. The van der Waals surface area contributed by atoms with E-state index >= 15 is 0 Å². The molecule has 1 atom stereocenters. The second kappa shape index (κ2) is 19.6. The number of piperazine rings is 1. The number of hydrogen-bond donors (Lipinski definition) is 2. The molecule has 1 aliphatic carbocycles. The SMILES string of the molecule is CN(CCC(=O)N1CCC([C@@H]2CCNc3c(C(N)=O)c(-c4ccc(Oc5ccccc5)cc4)nn32)CC1)CC1CCC(N2CCN(c3cccc(N4CCC(=O)CC4=O)c3)CC2)CC1. The molecule has 0 bridgehead atoms. The Kier molecular flexibility index (Phi) is 13.3. The molecule has 5 aliphatic rings. The van der Waals surface area contributed by atoms with Gasteiger partial charge in [-0.2, -0.15) is 5.10 Å². The Morgan fingerprint density at radius 2 is 1.53 bits per heavy atom. The number of para-hydroxylation sites is 1. The Bertz CT molecular complexity index is 2280. The van der Waals surface area contributed by atoms with Gasteiger partial charge >= 0.3 is 0 Å². The number of nitrogens with zero attached hydrogens (tertiary/aromatic N) is 7. The lowest BCUT2D eigenvalue weighted by molar-refractivity contribution is -0.133. The number of rotatable bonds is 13. The van der Waals surface area contributed by atoms with Crippen molar-refractivity contribution in [3.63, 3.8) is 0 Å². The fourth-order valence-corrected chi connectivity index (χ4v) is 10.9. The van der Waals surface area contributed by atoms with Crippen LogP contribution in [0.2, 0.25) is 0 Å². The molecule has 1 saturated carbocycles. The standard InChI is InChI=1S/C50H63N9O5/c1-54(34-35-10-14-38(15-11-35)55-28-30-56(31-29-55)39-6-5-7-40(32-39)58-27-21-41(60)33-46(58)62)24-22-45(61)57-25-19-36(20-26-57)44-18-23-52-50-47(49(51)63)48(53-59(44)50)37-12-16-43(17-13-37)64-42-8-3-2-4-9-42/h2-9,12-13,16-17,32,35-36,38,44,52H,10-11,14-15,18-31,33-34H2,1H3,(H2,51,63)/t35?,38?,44-/m0/s1. The van der Waals surface area contributed by atoms with Crippen molar-refractivity contribution in [3.8, 4) is 22.8 Å². The summed E-state index contributed by atoms with van der Waals surface area (Å²) in [6.07, 6.45) is 8.54. The predicted octanol–water partition coefficient (Wildman–Crippen LogP) is 6.44. The molecular formula is C50H63N9O5. The van der Waals surface area contributed by atoms with E-state index in [4.69, 9.17) is 15.6 Å². The molecule has 3 saturated heterocycles. The van der Waals surface area contributed by atoms with Crippen molar-refractivity contribution >= 4 is 40.7 Å². The highest BCUT2D eigenvalue weighted by Crippen LogP contribution is 2.40. The van der Waals surface area contributed by atoms with Gasteiger partial charge in [0, 0.05) is 101 Å². The van der Waals surface area contributed by atoms with E-state index in [-0.39, 0.29) is 30.1 Å². The fraction of sp³-hybridized carbons (Fsp3) is 0.500. The lowest BCUT2D eigenvalue weighted by Crippen LogP contribution is -2.51. The van der Waals surface area contributed by atoms with Gasteiger partial charge in [0.15, 0.2) is 0 Å². The summed E-state index contributed by atoms with van der Waals surface area (Å²) in [6, 6.07) is 26.2. The van der Waals surface area contributed by atoms with Crippen LogP contribution in [-0.2, 0) is 14.4 Å². The first kappa shape index (κ1) is 43.5. The number of primary amides is 1. The van der Waals surface area contributed by atoms with E-state index in [1.807, 2.05) is 71.4 Å². The molecule has 64 heavy (non-hydrogen) atoms. The number of amides is 3. The van der Waals surface area contributed by atoms with E-state index in [9.17, 15) is 19.2 Å². The molecule has 5 heterocycles. The van der Waals surface area contributed by atoms with Crippen LogP contribution in [0.3, 0.4) is 0 Å². The Balaban J connectivity index is 0.702. The lowest BCUT2D eigenvalue weighted by atomic mass is 9.84. The number of anilines is 3. The maximum absolute atomic E-state index is 13.5. The normalized spacial score (nSPS) is 22.3. The van der Waals surface area contributed by atoms with Crippen molar-refractivity contribution in [1.29, 1.82) is 0 Å². The quantitative estimate of drug-likeness (QED) is 0.144. The average molecular weight is 870 g/mol. The molecule has 4 fully saturated rings. The molecule has 14 heteroatoms. The number of hydrogen-bond acceptors (Lipinski definition) is 10. The molecule has 3 amide bonds. The van der Waals surface area contributed by atoms with Crippen LogP contribution in [-0.4, -0.2) is 127 Å². The van der Waals surface area contributed by atoms with Gasteiger partial charge in [-0.3, -0.25) is 24.1 Å². The van der Waals surface area contributed by atoms with Gasteiger partial charge < -0.3 is 35.4 Å². The highest BCUT2D eigenvalue weighted by Gasteiger charge is 2.36. The number of Topliss-reactive ketones (excluding diaryl/α,β-unsaturated/α-hetero) is 1. The van der Waals surface area contributed by atoms with Crippen molar-refractivity contribution < 1.29 is 23.9 Å². The molecule has 1 aromatic heterocycles. The van der Waals surface area contributed by atoms with Crippen LogP contribution >= 0.6 is 0 Å². The molecule has 338 valence electrons. The first-order valence-electron chi connectivity index (χ1n) is 23.5. The van der Waals surface area contributed by atoms with E-state index in [0.717, 1.165) is 101 Å². The second-order valence-corrected chi connectivity index (χ2v) is 18.6. The van der Waals surface area contributed by atoms with Crippen LogP contribution in [0.4, 0.5) is 17.2 Å². The predicted molar refractivity (Wildman–Crippen MR) is 249 cm³/mol. The van der Waals surface area contributed by atoms with E-state index < -0.39 is 5.91 Å². The second-order valence-electron chi connectivity index (χ2n) is 18.6. The largest absolute Gasteiger partial charge is 0.457 e. The van der Waals surface area contributed by atoms with Crippen LogP contribution < -0.4 is 25.6 Å². The highest BCUT2D eigenvalue weighted by molar-refractivity contribution is 6.08. The van der Waals surface area contributed by atoms with E-state index in [0.29, 0.717) is 60.1 Å². The number of ketones is 1. The summed E-state index contributed by atoms with van der Waals surface area (Å²) in [4.78, 5) is 61.9. The minimum absolute atomic E-state index is 0.00655. The number of nitrogens with one attached hydrogen (secondary N) is 1. The number of ether oxygens (including phenoxy) is 1. The Morgan fingerprint density at radius 3 is 2.25 bits per heavy atom. The van der Waals surface area contributed by atoms with Gasteiger partial charge in [-0.05, 0) is 118 Å². The first-order valence-corrected chi connectivity index (χ1v) is 23.5. The van der Waals surface area contributed by atoms with E-state index in [1.165, 1.54) is 25.7 Å². The van der Waals surface area contributed by atoms with Gasteiger partial charge in [-0.1, -0.05) is 24.3 Å². The summed E-state index contributed by atoms with van der Waals surface area (Å²) in [5.41, 5.74) is 9.81. The van der Waals surface area contributed by atoms with Gasteiger partial charge in [0.1, 0.15) is 34.4 Å². The molecule has 3 N–H and O–H groups in total. The van der Waals surface area contributed by atoms with Crippen LogP contribution in [0.5, 0.6) is 11.5 Å². The number of nitrogens with two attached hydrogens (primary N) is 1. The maximum atomic E-state index is 13.5. The first-order chi connectivity index (χ1) is 31.2. The van der Waals surface area contributed by atoms with E-state index in [1.54, 1.807) is 4.90 Å². The molecule has 14 nitrogen and oxygen atoms in total. The van der Waals surface area contributed by atoms with Crippen LogP contribution in [0, 0.1) is 11.8 Å². The summed E-state index contributed by atoms with van der Waals surface area (Å²) >= 11 is 0. The zero-order valence-corrected chi connectivity index (χ0v) is 37.2. The van der Waals surface area contributed by atoms with Crippen LogP contribution in [0.15, 0.2) is 78.9 Å². The third-order valence-corrected chi connectivity index (χ3v) is 14.4. The zero-order valence-electron chi connectivity index (χ0n) is 37.2. The van der Waals surface area contributed by atoms with Crippen LogP contribution in [0.1, 0.15) is 80.6 Å². The molecule has 0 spiro atoms. The van der Waals surface area contributed by atoms with Gasteiger partial charge in [0.05, 0.1) is 12.5 Å². The minimum Gasteiger partial charge on any atom is -0.457 e. The molecule has 4 aromatic rings. The number of carbonyl (C=O) groups excluding carboxylic acids is 4. The molecule has 3 aromatic carbocycles. The minimum atomic E-state index is -0.507. The lowest BCUT2D eigenvalue weighted by Gasteiger charge is -2.43. The van der Waals surface area contributed by atoms with Crippen molar-refractivity contribution in [2.45, 2.75) is 76.3 Å². The Morgan fingerprint density at radius 1 is 0.812 bits per heavy atom. The summed E-state index contributed by atoms with van der Waals surface area (Å²) in [6.45, 7) is 8.49. The van der Waals surface area contributed by atoms with E-state index in [2.05, 4.69) is 44.1 Å². The smallest absolute Gasteiger partial charge is 0.254 e. The van der Waals surface area contributed by atoms with Crippen LogP contribution in [0.25, 0.3) is 11.3 Å². The number of aromatic nitrogens is 2. The topological polar surface area (TPSA) is 150 Å². The molecule has 4 aliphatic heterocycles. The summed E-state index contributed by atoms with van der Waals surface area (Å²) < 4.78 is 7.98. The third kappa shape index (κ3) is 9.83. The molecular weight excluding hydrogens is 807 g/mol. The van der Waals surface area contributed by atoms with Crippen molar-refractivity contribution in [3.05, 3.63) is 84.4 Å². The molecule has 0 radical (unpaired) electrons. The van der Waals surface area contributed by atoms with Gasteiger partial charge in [0.2, 0.25) is 11.8 Å². The number of likely N-dealkylation sites (tertiary alicyclic amines) is 1. The summed E-state index contributed by atoms with van der Waals surface area (Å²) in [7, 11) is 2.17. The number of benzene rings is 3. The van der Waals surface area contributed by atoms with Gasteiger partial charge in [-0.15, -0.1) is 0 Å². The third-order valence-electron chi connectivity index (χ3n) is 14.4. The number of carbonyl (C=O) groups is 4. The summed E-state index contributed by atoms with van der Waals surface area (Å²) in [5, 5.41) is 8.45. The zero-order chi connectivity index (χ0) is 44.2. The molecule has 9 rings (SSSR count). The van der Waals surface area contributed by atoms with Crippen molar-refractivity contribution in [2.24, 2.45) is 17.6 Å². The summed E-state index contributed by atoms with van der Waals surface area (Å²) in [5.74, 6) is 2.79. The van der Waals surface area contributed by atoms with Gasteiger partial charge in [-0.25, -0.2) is 4.68 Å². The fourth-order valence-electron chi connectivity index (χ4n) is 10.9. The average Bonchev–Trinajstić information content (AvgIpc) is 3.72. The number of fused-ring (bicyclic) bond motifs is 1. The Labute approximate surface area is 376 Å². The number of piperidine rings is 2. The Hall–Kier alpha value is -5.73. The van der Waals surface area contributed by atoms with Crippen molar-refractivity contribution in [1.82, 2.24) is 24.5 Å². The molecule has 0 unspecified atom stereocenters. The van der Waals surface area contributed by atoms with Crippen molar-refractivity contribution in [2.75, 3.05) is 87.6 Å². The maximum Gasteiger partial charge on any atom is 0.254 e. The van der Waals surface area contributed by atoms with Gasteiger partial charge in [0.25, 0.3) is 5.91 Å².